The molecule has 1 N–H and O–H groups in total. The van der Waals surface area contributed by atoms with Crippen molar-refractivity contribution in [3.63, 3.8) is 0 Å². The van der Waals surface area contributed by atoms with Gasteiger partial charge in [-0.2, -0.15) is 0 Å². The van der Waals surface area contributed by atoms with Gasteiger partial charge in [-0.1, -0.05) is 41.7 Å². The normalized spacial score (nSPS) is 13.8. The number of para-hydroxylation sites is 1. The predicted molar refractivity (Wildman–Crippen MR) is 76.0 cm³/mol. The summed E-state index contributed by atoms with van der Waals surface area (Å²) in [4.78, 5) is 15.3. The van der Waals surface area contributed by atoms with Gasteiger partial charge in [0.1, 0.15) is 4.38 Å². The minimum absolute atomic E-state index is 0.0224. The molecule has 1 aliphatic heterocycles. The van der Waals surface area contributed by atoms with Crippen molar-refractivity contribution < 1.29 is 4.79 Å². The number of amides is 1. The van der Waals surface area contributed by atoms with Crippen molar-refractivity contribution >= 4 is 39.5 Å². The molecule has 0 saturated carbocycles. The van der Waals surface area contributed by atoms with Gasteiger partial charge in [0.15, 0.2) is 0 Å². The molecule has 17 heavy (non-hydrogen) atoms. The molecule has 0 aromatic heterocycles. The summed E-state index contributed by atoms with van der Waals surface area (Å²) in [5, 5.41) is 2.78. The fraction of sp³-hybridized carbons (Fsp3) is 0.333. The lowest BCUT2D eigenvalue weighted by molar-refractivity contribution is -0.118. The van der Waals surface area contributed by atoms with Crippen LogP contribution in [0.2, 0.25) is 0 Å². The van der Waals surface area contributed by atoms with Crippen molar-refractivity contribution in [2.24, 2.45) is 4.99 Å². The van der Waals surface area contributed by atoms with Crippen LogP contribution < -0.4 is 5.32 Å². The van der Waals surface area contributed by atoms with Crippen molar-refractivity contribution in [2.45, 2.75) is 12.7 Å². The Bertz CT molecular complexity index is 446. The standard InChI is InChI=1S/C12H14N2OS2/c1-9(15)13-6-7-16-12-14-11-5-3-2-4-10(11)8-17-12/h2-5H,6-8H2,1H3,(H,13,15). The SMILES string of the molecule is CC(=O)NCCSC1=Nc2ccccc2CS1. The van der Waals surface area contributed by atoms with E-state index in [-0.39, 0.29) is 5.91 Å². The summed E-state index contributed by atoms with van der Waals surface area (Å²) in [7, 11) is 0. The number of carbonyl (C=O) groups is 1. The number of thioether (sulfide) groups is 2. The first-order valence-corrected chi connectivity index (χ1v) is 7.39. The summed E-state index contributed by atoms with van der Waals surface area (Å²) in [6, 6.07) is 8.22. The first-order chi connectivity index (χ1) is 8.25. The average molecular weight is 266 g/mol. The van der Waals surface area contributed by atoms with E-state index in [4.69, 9.17) is 0 Å². The van der Waals surface area contributed by atoms with E-state index in [9.17, 15) is 4.79 Å². The Morgan fingerprint density at radius 3 is 3.18 bits per heavy atom. The van der Waals surface area contributed by atoms with Gasteiger partial charge in [-0.05, 0) is 11.6 Å². The molecular formula is C12H14N2OS2. The van der Waals surface area contributed by atoms with E-state index in [1.54, 1.807) is 23.5 Å². The summed E-state index contributed by atoms with van der Waals surface area (Å²) in [6.45, 7) is 2.23. The van der Waals surface area contributed by atoms with Crippen molar-refractivity contribution in [1.82, 2.24) is 5.32 Å². The number of nitrogens with one attached hydrogen (secondary N) is 1. The van der Waals surface area contributed by atoms with Crippen molar-refractivity contribution in [2.75, 3.05) is 12.3 Å². The Balaban J connectivity index is 1.87. The number of rotatable bonds is 3. The molecular weight excluding hydrogens is 252 g/mol. The van der Waals surface area contributed by atoms with E-state index in [0.717, 1.165) is 21.6 Å². The highest BCUT2D eigenvalue weighted by molar-refractivity contribution is 8.38. The van der Waals surface area contributed by atoms with Crippen LogP contribution in [0, 0.1) is 0 Å². The van der Waals surface area contributed by atoms with E-state index < -0.39 is 0 Å². The first-order valence-electron chi connectivity index (χ1n) is 5.42. The molecule has 1 aromatic carbocycles. The van der Waals surface area contributed by atoms with Crippen LogP contribution in [0.1, 0.15) is 12.5 Å². The number of hydrogen-bond donors (Lipinski definition) is 1. The van der Waals surface area contributed by atoms with Crippen LogP contribution in [0.3, 0.4) is 0 Å². The van der Waals surface area contributed by atoms with Crippen LogP contribution in [0.15, 0.2) is 29.3 Å². The molecule has 5 heteroatoms. The topological polar surface area (TPSA) is 41.5 Å². The highest BCUT2D eigenvalue weighted by atomic mass is 32.2. The third-order valence-corrected chi connectivity index (χ3v) is 4.50. The number of carbonyl (C=O) groups excluding carboxylic acids is 1. The minimum Gasteiger partial charge on any atom is -0.356 e. The Labute approximate surface area is 109 Å². The van der Waals surface area contributed by atoms with Crippen LogP contribution >= 0.6 is 23.5 Å². The van der Waals surface area contributed by atoms with Gasteiger partial charge in [-0.25, -0.2) is 4.99 Å². The molecule has 1 aliphatic rings. The van der Waals surface area contributed by atoms with Gasteiger partial charge < -0.3 is 5.32 Å². The summed E-state index contributed by atoms with van der Waals surface area (Å²) < 4.78 is 1.09. The largest absolute Gasteiger partial charge is 0.356 e. The number of hydrogen-bond acceptors (Lipinski definition) is 4. The molecule has 0 unspecified atom stereocenters. The van der Waals surface area contributed by atoms with Crippen molar-refractivity contribution in [1.29, 1.82) is 0 Å². The first kappa shape index (κ1) is 12.5. The molecule has 0 fully saturated rings. The quantitative estimate of drug-likeness (QED) is 0.855. The monoisotopic (exact) mass is 266 g/mol. The average Bonchev–Trinajstić information content (AvgIpc) is 2.34. The van der Waals surface area contributed by atoms with Gasteiger partial charge in [0.25, 0.3) is 0 Å². The number of nitrogens with zero attached hydrogens (tertiary/aromatic N) is 1. The second kappa shape index (κ2) is 6.12. The van der Waals surface area contributed by atoms with Gasteiger partial charge >= 0.3 is 0 Å². The van der Waals surface area contributed by atoms with Crippen LogP contribution in [-0.2, 0) is 10.5 Å². The third-order valence-electron chi connectivity index (χ3n) is 2.26. The summed E-state index contributed by atoms with van der Waals surface area (Å²) in [5.74, 6) is 1.88. The van der Waals surface area contributed by atoms with Gasteiger partial charge in [-0.3, -0.25) is 4.79 Å². The maximum Gasteiger partial charge on any atom is 0.216 e. The van der Waals surface area contributed by atoms with Crippen LogP contribution in [0.25, 0.3) is 0 Å². The fourth-order valence-electron chi connectivity index (χ4n) is 1.45. The molecule has 0 bridgehead atoms. The molecule has 0 atom stereocenters. The van der Waals surface area contributed by atoms with Crippen LogP contribution in [0.4, 0.5) is 5.69 Å². The molecule has 90 valence electrons. The summed E-state index contributed by atoms with van der Waals surface area (Å²) in [5.41, 5.74) is 2.37. The van der Waals surface area contributed by atoms with Crippen LogP contribution in [0.5, 0.6) is 0 Å². The number of aliphatic imine (C=N–C) groups is 1. The summed E-state index contributed by atoms with van der Waals surface area (Å²) in [6.07, 6.45) is 0. The van der Waals surface area contributed by atoms with Gasteiger partial charge in [-0.15, -0.1) is 0 Å². The molecule has 0 spiro atoms. The summed E-state index contributed by atoms with van der Waals surface area (Å²) >= 11 is 3.47. The van der Waals surface area contributed by atoms with Crippen molar-refractivity contribution in [3.05, 3.63) is 29.8 Å². The van der Waals surface area contributed by atoms with E-state index in [2.05, 4.69) is 16.4 Å². The molecule has 3 nitrogen and oxygen atoms in total. The van der Waals surface area contributed by atoms with E-state index in [1.165, 1.54) is 12.5 Å². The third kappa shape index (κ3) is 3.78. The zero-order chi connectivity index (χ0) is 12.1. The lowest BCUT2D eigenvalue weighted by atomic mass is 10.2. The minimum atomic E-state index is 0.0224. The van der Waals surface area contributed by atoms with E-state index in [1.807, 2.05) is 18.2 Å². The Kier molecular flexibility index (Phi) is 4.50. The predicted octanol–water partition coefficient (Wildman–Crippen LogP) is 2.79. The molecule has 1 aromatic rings. The lowest BCUT2D eigenvalue weighted by Gasteiger charge is -2.14. The second-order valence-electron chi connectivity index (χ2n) is 3.63. The molecule has 0 saturated heterocycles. The molecule has 1 amide bonds. The molecule has 0 radical (unpaired) electrons. The van der Waals surface area contributed by atoms with E-state index >= 15 is 0 Å². The highest BCUT2D eigenvalue weighted by Gasteiger charge is 2.11. The molecule has 2 rings (SSSR count). The smallest absolute Gasteiger partial charge is 0.216 e. The maximum absolute atomic E-state index is 10.7. The van der Waals surface area contributed by atoms with Crippen molar-refractivity contribution in [3.8, 4) is 0 Å². The van der Waals surface area contributed by atoms with Gasteiger partial charge in [0.2, 0.25) is 5.91 Å². The zero-order valence-electron chi connectivity index (χ0n) is 9.60. The maximum atomic E-state index is 10.7. The Morgan fingerprint density at radius 2 is 2.35 bits per heavy atom. The van der Waals surface area contributed by atoms with Crippen LogP contribution in [-0.4, -0.2) is 22.6 Å². The lowest BCUT2D eigenvalue weighted by Crippen LogP contribution is -2.22. The Hall–Kier alpha value is -0.940. The number of fused-ring (bicyclic) bond motifs is 1. The Morgan fingerprint density at radius 1 is 1.53 bits per heavy atom. The fourth-order valence-corrected chi connectivity index (χ4v) is 3.44. The van der Waals surface area contributed by atoms with Gasteiger partial charge in [0, 0.05) is 25.0 Å². The molecule has 1 heterocycles. The zero-order valence-corrected chi connectivity index (χ0v) is 11.2. The highest BCUT2D eigenvalue weighted by Crippen LogP contribution is 2.34. The van der Waals surface area contributed by atoms with E-state index in [0.29, 0.717) is 6.54 Å². The number of benzene rings is 1. The van der Waals surface area contributed by atoms with Gasteiger partial charge in [0.05, 0.1) is 5.69 Å². The second-order valence-corrected chi connectivity index (χ2v) is 5.93. The molecule has 0 aliphatic carbocycles.